The lowest BCUT2D eigenvalue weighted by Crippen LogP contribution is -2.21. The molecule has 2 aromatic carbocycles. The Morgan fingerprint density at radius 3 is 2.20 bits per heavy atom. The molecule has 0 aliphatic carbocycles. The fourth-order valence-electron chi connectivity index (χ4n) is 2.03. The lowest BCUT2D eigenvalue weighted by atomic mass is 10.2. The average Bonchev–Trinajstić information content (AvgIpc) is 2.55. The first kappa shape index (κ1) is 18.1. The molecule has 0 atom stereocenters. The number of hydrogen-bond acceptors (Lipinski definition) is 4. The van der Waals surface area contributed by atoms with Gasteiger partial charge in [-0.05, 0) is 49.4 Å². The van der Waals surface area contributed by atoms with E-state index in [1.54, 1.807) is 6.92 Å². The Kier molecular flexibility index (Phi) is 6.22. The zero-order chi connectivity index (χ0) is 18.2. The third-order valence-corrected chi connectivity index (χ3v) is 3.11. The molecule has 0 saturated carbocycles. The van der Waals surface area contributed by atoms with Gasteiger partial charge in [0.1, 0.15) is 12.2 Å². The van der Waals surface area contributed by atoms with Crippen molar-refractivity contribution in [2.75, 3.05) is 17.2 Å². The molecule has 0 saturated heterocycles. The van der Waals surface area contributed by atoms with E-state index in [4.69, 9.17) is 4.74 Å². The molecular weight excluding hydrogens is 327 g/mol. The summed E-state index contributed by atoms with van der Waals surface area (Å²) >= 11 is 0. The van der Waals surface area contributed by atoms with Crippen LogP contribution in [-0.4, -0.2) is 24.4 Å². The number of benzene rings is 2. The minimum atomic E-state index is -0.564. The molecule has 0 aromatic heterocycles. The molecule has 25 heavy (non-hydrogen) atoms. The zero-order valence-corrected chi connectivity index (χ0v) is 13.5. The first-order valence-electron chi connectivity index (χ1n) is 7.60. The van der Waals surface area contributed by atoms with Crippen molar-refractivity contribution in [3.05, 3.63) is 59.9 Å². The lowest BCUT2D eigenvalue weighted by molar-refractivity contribution is -0.123. The minimum absolute atomic E-state index is 0.275. The van der Waals surface area contributed by atoms with Crippen molar-refractivity contribution in [2.24, 2.45) is 0 Å². The standard InChI is InChI=1S/C18H17FN2O4/c1-2-25-18(24)12-6-8-14(9-7-12)20-16(22)11-17(23)21-15-5-3-4-13(19)10-15/h3-10H,2,11H2,1H3,(H,20,22)(H,21,23). The van der Waals surface area contributed by atoms with E-state index in [1.807, 2.05) is 0 Å². The number of hydrogen-bond donors (Lipinski definition) is 2. The van der Waals surface area contributed by atoms with Gasteiger partial charge < -0.3 is 15.4 Å². The summed E-state index contributed by atoms with van der Waals surface area (Å²) in [5.74, 6) is -2.03. The third-order valence-electron chi connectivity index (χ3n) is 3.11. The highest BCUT2D eigenvalue weighted by molar-refractivity contribution is 6.08. The van der Waals surface area contributed by atoms with Crippen molar-refractivity contribution < 1.29 is 23.5 Å². The highest BCUT2D eigenvalue weighted by Crippen LogP contribution is 2.12. The summed E-state index contributed by atoms with van der Waals surface area (Å²) in [7, 11) is 0. The Morgan fingerprint density at radius 1 is 0.960 bits per heavy atom. The molecular formula is C18H17FN2O4. The normalized spacial score (nSPS) is 10.0. The lowest BCUT2D eigenvalue weighted by Gasteiger charge is -2.07. The van der Waals surface area contributed by atoms with Crippen LogP contribution in [0.25, 0.3) is 0 Å². The summed E-state index contributed by atoms with van der Waals surface area (Å²) in [5, 5.41) is 4.98. The van der Waals surface area contributed by atoms with Crippen LogP contribution in [0.4, 0.5) is 15.8 Å². The highest BCUT2D eigenvalue weighted by atomic mass is 19.1. The van der Waals surface area contributed by atoms with E-state index in [-0.39, 0.29) is 12.3 Å². The van der Waals surface area contributed by atoms with Crippen LogP contribution in [0.5, 0.6) is 0 Å². The number of nitrogens with one attached hydrogen (secondary N) is 2. The van der Waals surface area contributed by atoms with Gasteiger partial charge in [-0.2, -0.15) is 0 Å². The van der Waals surface area contributed by atoms with Gasteiger partial charge in [-0.1, -0.05) is 6.07 Å². The molecule has 0 unspecified atom stereocenters. The minimum Gasteiger partial charge on any atom is -0.462 e. The third kappa shape index (κ3) is 5.72. The second-order valence-corrected chi connectivity index (χ2v) is 5.08. The van der Waals surface area contributed by atoms with Gasteiger partial charge in [0, 0.05) is 11.4 Å². The van der Waals surface area contributed by atoms with Crippen molar-refractivity contribution in [1.82, 2.24) is 0 Å². The number of carbonyl (C=O) groups excluding carboxylic acids is 3. The average molecular weight is 344 g/mol. The van der Waals surface area contributed by atoms with Gasteiger partial charge in [0.2, 0.25) is 11.8 Å². The SMILES string of the molecule is CCOC(=O)c1ccc(NC(=O)CC(=O)Nc2cccc(F)c2)cc1. The van der Waals surface area contributed by atoms with Crippen LogP contribution in [0.3, 0.4) is 0 Å². The fraction of sp³-hybridized carbons (Fsp3) is 0.167. The summed E-state index contributed by atoms with van der Waals surface area (Å²) in [5.41, 5.74) is 1.08. The van der Waals surface area contributed by atoms with E-state index in [9.17, 15) is 18.8 Å². The van der Waals surface area contributed by atoms with Gasteiger partial charge in [0.05, 0.1) is 12.2 Å². The maximum Gasteiger partial charge on any atom is 0.338 e. The number of amides is 2. The Hall–Kier alpha value is -3.22. The monoisotopic (exact) mass is 344 g/mol. The second-order valence-electron chi connectivity index (χ2n) is 5.08. The number of ether oxygens (including phenoxy) is 1. The van der Waals surface area contributed by atoms with Gasteiger partial charge in [-0.25, -0.2) is 9.18 Å². The largest absolute Gasteiger partial charge is 0.462 e. The van der Waals surface area contributed by atoms with Crippen LogP contribution in [0.15, 0.2) is 48.5 Å². The molecule has 2 rings (SSSR count). The Labute approximate surface area is 144 Å². The van der Waals surface area contributed by atoms with Gasteiger partial charge in [0.15, 0.2) is 0 Å². The van der Waals surface area contributed by atoms with E-state index in [1.165, 1.54) is 42.5 Å². The predicted molar refractivity (Wildman–Crippen MR) is 90.7 cm³/mol. The van der Waals surface area contributed by atoms with Gasteiger partial charge in [0.25, 0.3) is 0 Å². The van der Waals surface area contributed by atoms with Crippen LogP contribution >= 0.6 is 0 Å². The molecule has 0 spiro atoms. The number of halogens is 1. The Balaban J connectivity index is 1.87. The molecule has 130 valence electrons. The second kappa shape index (κ2) is 8.58. The highest BCUT2D eigenvalue weighted by Gasteiger charge is 2.11. The molecule has 0 fully saturated rings. The molecule has 2 aromatic rings. The molecule has 0 heterocycles. The van der Waals surface area contributed by atoms with Crippen molar-refractivity contribution in [3.8, 4) is 0 Å². The van der Waals surface area contributed by atoms with Crippen molar-refractivity contribution >= 4 is 29.2 Å². The quantitative estimate of drug-likeness (QED) is 0.623. The molecule has 7 heteroatoms. The van der Waals surface area contributed by atoms with E-state index in [0.717, 1.165) is 6.07 Å². The first-order chi connectivity index (χ1) is 12.0. The number of carbonyl (C=O) groups is 3. The van der Waals surface area contributed by atoms with Crippen LogP contribution in [-0.2, 0) is 14.3 Å². The maximum atomic E-state index is 13.0. The van der Waals surface area contributed by atoms with E-state index >= 15 is 0 Å². The zero-order valence-electron chi connectivity index (χ0n) is 13.5. The molecule has 0 aliphatic rings. The topological polar surface area (TPSA) is 84.5 Å². The molecule has 0 aliphatic heterocycles. The summed E-state index contributed by atoms with van der Waals surface area (Å²) in [4.78, 5) is 35.2. The van der Waals surface area contributed by atoms with Crippen molar-refractivity contribution in [2.45, 2.75) is 13.3 Å². The smallest absolute Gasteiger partial charge is 0.338 e. The number of anilines is 2. The number of esters is 1. The molecule has 0 radical (unpaired) electrons. The van der Waals surface area contributed by atoms with Gasteiger partial charge in [-0.3, -0.25) is 9.59 Å². The molecule has 6 nitrogen and oxygen atoms in total. The van der Waals surface area contributed by atoms with Gasteiger partial charge in [-0.15, -0.1) is 0 Å². The summed E-state index contributed by atoms with van der Waals surface area (Å²) in [6.07, 6.45) is -0.420. The van der Waals surface area contributed by atoms with Crippen molar-refractivity contribution in [1.29, 1.82) is 0 Å². The Bertz CT molecular complexity index is 775. The van der Waals surface area contributed by atoms with E-state index < -0.39 is 30.0 Å². The van der Waals surface area contributed by atoms with E-state index in [0.29, 0.717) is 11.3 Å². The molecule has 2 amide bonds. The van der Waals surface area contributed by atoms with Crippen LogP contribution < -0.4 is 10.6 Å². The first-order valence-corrected chi connectivity index (χ1v) is 7.60. The molecule has 2 N–H and O–H groups in total. The van der Waals surface area contributed by atoms with Crippen molar-refractivity contribution in [3.63, 3.8) is 0 Å². The summed E-state index contributed by atoms with van der Waals surface area (Å²) in [6.45, 7) is 1.99. The Morgan fingerprint density at radius 2 is 1.60 bits per heavy atom. The number of rotatable bonds is 6. The van der Waals surface area contributed by atoms with E-state index in [2.05, 4.69) is 10.6 Å². The predicted octanol–water partition coefficient (Wildman–Crippen LogP) is 2.97. The van der Waals surface area contributed by atoms with Crippen LogP contribution in [0, 0.1) is 5.82 Å². The summed E-state index contributed by atoms with van der Waals surface area (Å²) in [6, 6.07) is 11.5. The van der Waals surface area contributed by atoms with Crippen LogP contribution in [0.1, 0.15) is 23.7 Å². The van der Waals surface area contributed by atoms with Gasteiger partial charge >= 0.3 is 5.97 Å². The molecule has 0 bridgehead atoms. The fourth-order valence-corrected chi connectivity index (χ4v) is 2.03. The maximum absolute atomic E-state index is 13.0. The van der Waals surface area contributed by atoms with Crippen LogP contribution in [0.2, 0.25) is 0 Å². The summed E-state index contributed by atoms with van der Waals surface area (Å²) < 4.78 is 17.9.